The lowest BCUT2D eigenvalue weighted by Crippen LogP contribution is -2.09. The molecule has 152 valence electrons. The predicted octanol–water partition coefficient (Wildman–Crippen LogP) is 4.93. The standard InChI is InChI=1S/C22H23NO5S/c1-4-28-22(25)20-18(14-5-7-16(26-2)8-6-14)13-29-21(20)23-12-15-11-17(27-3)9-10-19(15)24/h5-11,13,23-24H,4,12H2,1-3H3. The zero-order valence-corrected chi connectivity index (χ0v) is 17.3. The van der Waals surface area contributed by atoms with Crippen LogP contribution in [-0.4, -0.2) is 31.9 Å². The SMILES string of the molecule is CCOC(=O)c1c(-c2ccc(OC)cc2)csc1NCc1cc(OC)ccc1O. The predicted molar refractivity (Wildman–Crippen MR) is 114 cm³/mol. The van der Waals surface area contributed by atoms with Crippen LogP contribution in [0.5, 0.6) is 17.2 Å². The summed E-state index contributed by atoms with van der Waals surface area (Å²) < 4.78 is 15.7. The summed E-state index contributed by atoms with van der Waals surface area (Å²) in [5, 5.41) is 16.0. The van der Waals surface area contributed by atoms with E-state index in [4.69, 9.17) is 14.2 Å². The Balaban J connectivity index is 1.92. The summed E-state index contributed by atoms with van der Waals surface area (Å²) in [6.07, 6.45) is 0. The molecule has 0 aliphatic heterocycles. The van der Waals surface area contributed by atoms with Crippen molar-refractivity contribution in [2.45, 2.75) is 13.5 Å². The molecule has 2 aromatic carbocycles. The number of methoxy groups -OCH3 is 2. The van der Waals surface area contributed by atoms with Gasteiger partial charge in [-0.2, -0.15) is 0 Å². The topological polar surface area (TPSA) is 77.0 Å². The highest BCUT2D eigenvalue weighted by molar-refractivity contribution is 7.15. The number of rotatable bonds is 8. The molecule has 3 aromatic rings. The van der Waals surface area contributed by atoms with E-state index in [1.807, 2.05) is 29.6 Å². The molecule has 0 spiro atoms. The van der Waals surface area contributed by atoms with Crippen LogP contribution in [0.2, 0.25) is 0 Å². The van der Waals surface area contributed by atoms with Gasteiger partial charge in [0.25, 0.3) is 0 Å². The van der Waals surface area contributed by atoms with Gasteiger partial charge in [-0.3, -0.25) is 0 Å². The first-order chi connectivity index (χ1) is 14.1. The highest BCUT2D eigenvalue weighted by Crippen LogP contribution is 2.37. The number of benzene rings is 2. The van der Waals surface area contributed by atoms with Crippen molar-refractivity contribution in [3.8, 4) is 28.4 Å². The Bertz CT molecular complexity index is 981. The third kappa shape index (κ3) is 4.63. The average Bonchev–Trinajstić information content (AvgIpc) is 3.17. The van der Waals surface area contributed by atoms with Crippen molar-refractivity contribution in [2.24, 2.45) is 0 Å². The van der Waals surface area contributed by atoms with Gasteiger partial charge in [-0.25, -0.2) is 4.79 Å². The van der Waals surface area contributed by atoms with Crippen molar-refractivity contribution >= 4 is 22.3 Å². The number of ether oxygens (including phenoxy) is 3. The van der Waals surface area contributed by atoms with Crippen LogP contribution in [0.3, 0.4) is 0 Å². The van der Waals surface area contributed by atoms with Crippen molar-refractivity contribution in [1.82, 2.24) is 0 Å². The first-order valence-corrected chi connectivity index (χ1v) is 9.98. The van der Waals surface area contributed by atoms with Gasteiger partial charge in [-0.05, 0) is 42.8 Å². The van der Waals surface area contributed by atoms with Gasteiger partial charge in [0.1, 0.15) is 27.8 Å². The highest BCUT2D eigenvalue weighted by atomic mass is 32.1. The van der Waals surface area contributed by atoms with Gasteiger partial charge in [0.05, 0.1) is 20.8 Å². The fraction of sp³-hybridized carbons (Fsp3) is 0.227. The van der Waals surface area contributed by atoms with Gasteiger partial charge < -0.3 is 24.6 Å². The molecule has 1 heterocycles. The minimum absolute atomic E-state index is 0.155. The van der Waals surface area contributed by atoms with Crippen molar-refractivity contribution in [2.75, 3.05) is 26.1 Å². The Labute approximate surface area is 173 Å². The van der Waals surface area contributed by atoms with Gasteiger partial charge >= 0.3 is 5.97 Å². The molecule has 0 amide bonds. The molecule has 0 fully saturated rings. The summed E-state index contributed by atoms with van der Waals surface area (Å²) in [5.74, 6) is 1.16. The second kappa shape index (κ2) is 9.34. The summed E-state index contributed by atoms with van der Waals surface area (Å²) in [6.45, 7) is 2.39. The number of aromatic hydroxyl groups is 1. The molecule has 0 unspecified atom stereocenters. The van der Waals surface area contributed by atoms with Crippen LogP contribution in [0, 0.1) is 0 Å². The first kappa shape index (κ1) is 20.5. The maximum Gasteiger partial charge on any atom is 0.341 e. The van der Waals surface area contributed by atoms with Crippen molar-refractivity contribution in [1.29, 1.82) is 0 Å². The Morgan fingerprint density at radius 3 is 2.41 bits per heavy atom. The number of hydrogen-bond donors (Lipinski definition) is 2. The smallest absolute Gasteiger partial charge is 0.341 e. The monoisotopic (exact) mass is 413 g/mol. The molecule has 29 heavy (non-hydrogen) atoms. The van der Waals surface area contributed by atoms with Crippen molar-refractivity contribution in [3.05, 3.63) is 59.0 Å². The minimum Gasteiger partial charge on any atom is -0.508 e. The molecule has 0 saturated heterocycles. The molecule has 0 aliphatic carbocycles. The summed E-state index contributed by atoms with van der Waals surface area (Å²) in [6, 6.07) is 12.5. The van der Waals surface area contributed by atoms with E-state index in [1.54, 1.807) is 39.3 Å². The van der Waals surface area contributed by atoms with Crippen LogP contribution in [0.4, 0.5) is 5.00 Å². The van der Waals surface area contributed by atoms with Crippen LogP contribution < -0.4 is 14.8 Å². The third-order valence-electron chi connectivity index (χ3n) is 4.40. The second-order valence-corrected chi connectivity index (χ2v) is 7.03. The summed E-state index contributed by atoms with van der Waals surface area (Å²) >= 11 is 1.41. The van der Waals surface area contributed by atoms with Crippen LogP contribution in [0.25, 0.3) is 11.1 Å². The van der Waals surface area contributed by atoms with E-state index >= 15 is 0 Å². The van der Waals surface area contributed by atoms with E-state index in [2.05, 4.69) is 5.32 Å². The molecule has 3 rings (SSSR count). The Morgan fingerprint density at radius 2 is 1.76 bits per heavy atom. The fourth-order valence-corrected chi connectivity index (χ4v) is 3.84. The Kier molecular flexibility index (Phi) is 6.61. The van der Waals surface area contributed by atoms with Gasteiger partial charge in [0, 0.05) is 23.1 Å². The van der Waals surface area contributed by atoms with E-state index < -0.39 is 5.97 Å². The number of phenols is 1. The fourth-order valence-electron chi connectivity index (χ4n) is 2.88. The molecular formula is C22H23NO5S. The van der Waals surface area contributed by atoms with Crippen LogP contribution in [-0.2, 0) is 11.3 Å². The highest BCUT2D eigenvalue weighted by Gasteiger charge is 2.21. The molecule has 0 aliphatic rings. The molecule has 0 atom stereocenters. The number of esters is 1. The second-order valence-electron chi connectivity index (χ2n) is 6.15. The maximum atomic E-state index is 12.7. The quantitative estimate of drug-likeness (QED) is 0.510. The number of carbonyl (C=O) groups is 1. The van der Waals surface area contributed by atoms with E-state index in [0.717, 1.165) is 16.9 Å². The molecule has 2 N–H and O–H groups in total. The summed E-state index contributed by atoms with van der Waals surface area (Å²) in [5.41, 5.74) is 2.82. The van der Waals surface area contributed by atoms with Gasteiger partial charge in [-0.1, -0.05) is 12.1 Å². The van der Waals surface area contributed by atoms with Gasteiger partial charge in [0.15, 0.2) is 0 Å². The van der Waals surface area contributed by atoms with Crippen LogP contribution in [0.1, 0.15) is 22.8 Å². The number of thiophene rings is 1. The Hall–Kier alpha value is -3.19. The van der Waals surface area contributed by atoms with Crippen molar-refractivity contribution in [3.63, 3.8) is 0 Å². The lowest BCUT2D eigenvalue weighted by atomic mass is 10.0. The first-order valence-electron chi connectivity index (χ1n) is 9.10. The van der Waals surface area contributed by atoms with E-state index in [-0.39, 0.29) is 12.4 Å². The molecule has 0 bridgehead atoms. The molecule has 0 radical (unpaired) electrons. The Morgan fingerprint density at radius 1 is 1.07 bits per heavy atom. The van der Waals surface area contributed by atoms with Crippen LogP contribution >= 0.6 is 11.3 Å². The zero-order valence-electron chi connectivity index (χ0n) is 16.5. The summed E-state index contributed by atoms with van der Waals surface area (Å²) in [4.78, 5) is 12.7. The largest absolute Gasteiger partial charge is 0.508 e. The number of anilines is 1. The van der Waals surface area contributed by atoms with Crippen LogP contribution in [0.15, 0.2) is 47.8 Å². The normalized spacial score (nSPS) is 10.4. The lowest BCUT2D eigenvalue weighted by molar-refractivity contribution is 0.0529. The average molecular weight is 413 g/mol. The lowest BCUT2D eigenvalue weighted by Gasteiger charge is -2.11. The van der Waals surface area contributed by atoms with E-state index in [0.29, 0.717) is 28.4 Å². The number of phenolic OH excluding ortho intramolecular Hbond substituents is 1. The maximum absolute atomic E-state index is 12.7. The molecule has 1 aromatic heterocycles. The van der Waals surface area contributed by atoms with Gasteiger partial charge in [-0.15, -0.1) is 11.3 Å². The number of hydrogen-bond acceptors (Lipinski definition) is 7. The third-order valence-corrected chi connectivity index (χ3v) is 5.34. The van der Waals surface area contributed by atoms with Crippen molar-refractivity contribution < 1.29 is 24.1 Å². The van der Waals surface area contributed by atoms with E-state index in [9.17, 15) is 9.90 Å². The zero-order chi connectivity index (χ0) is 20.8. The summed E-state index contributed by atoms with van der Waals surface area (Å²) in [7, 11) is 3.18. The minimum atomic E-state index is -0.392. The van der Waals surface area contributed by atoms with Gasteiger partial charge in [0.2, 0.25) is 0 Å². The number of nitrogens with one attached hydrogen (secondary N) is 1. The van der Waals surface area contributed by atoms with E-state index in [1.165, 1.54) is 11.3 Å². The molecule has 0 saturated carbocycles. The number of carbonyl (C=O) groups excluding carboxylic acids is 1. The molecule has 6 nitrogen and oxygen atoms in total. The molecular weight excluding hydrogens is 390 g/mol. The molecule has 7 heteroatoms.